The van der Waals surface area contributed by atoms with E-state index in [2.05, 4.69) is 5.32 Å². The summed E-state index contributed by atoms with van der Waals surface area (Å²) < 4.78 is 5.48. The van der Waals surface area contributed by atoms with E-state index < -0.39 is 0 Å². The minimum Gasteiger partial charge on any atom is -0.381 e. The Morgan fingerprint density at radius 3 is 2.56 bits per heavy atom. The lowest BCUT2D eigenvalue weighted by Gasteiger charge is -2.22. The van der Waals surface area contributed by atoms with Crippen LogP contribution in [-0.2, 0) is 4.74 Å². The smallest absolute Gasteiger partial charge is 0.0506 e. The number of hydrogen-bond donors (Lipinski definition) is 1. The van der Waals surface area contributed by atoms with Gasteiger partial charge in [0, 0.05) is 13.2 Å². The van der Waals surface area contributed by atoms with Crippen LogP contribution in [0.15, 0.2) is 0 Å². The molecule has 2 rings (SSSR count). The third kappa shape index (κ3) is 4.42. The quantitative estimate of drug-likeness (QED) is 0.702. The van der Waals surface area contributed by atoms with E-state index in [0.29, 0.717) is 0 Å². The molecule has 1 saturated carbocycles. The van der Waals surface area contributed by atoms with Crippen molar-refractivity contribution in [2.45, 2.75) is 51.4 Å². The van der Waals surface area contributed by atoms with Crippen LogP contribution < -0.4 is 5.32 Å². The Bertz CT molecular complexity index is 172. The fraction of sp³-hybridized carbons (Fsp3) is 1.00. The van der Waals surface area contributed by atoms with Crippen LogP contribution in [0.25, 0.3) is 0 Å². The Kier molecular flexibility index (Phi) is 5.64. The van der Waals surface area contributed by atoms with Crippen LogP contribution in [0.2, 0.25) is 0 Å². The molecule has 0 aromatic rings. The first-order valence-corrected chi connectivity index (χ1v) is 7.23. The molecule has 1 unspecified atom stereocenters. The van der Waals surface area contributed by atoms with Crippen molar-refractivity contribution in [2.75, 3.05) is 26.3 Å². The summed E-state index contributed by atoms with van der Waals surface area (Å²) in [6.45, 7) is 4.35. The first-order chi connectivity index (χ1) is 7.95. The molecule has 0 radical (unpaired) electrons. The molecule has 0 aromatic carbocycles. The lowest BCUT2D eigenvalue weighted by atomic mass is 10.0. The van der Waals surface area contributed by atoms with Crippen LogP contribution in [0.4, 0.5) is 0 Å². The van der Waals surface area contributed by atoms with Crippen molar-refractivity contribution in [1.29, 1.82) is 0 Å². The van der Waals surface area contributed by atoms with Crippen LogP contribution in [-0.4, -0.2) is 26.3 Å². The topological polar surface area (TPSA) is 21.3 Å². The summed E-state index contributed by atoms with van der Waals surface area (Å²) in [5.41, 5.74) is 0. The van der Waals surface area contributed by atoms with Crippen LogP contribution in [0, 0.1) is 11.8 Å². The van der Waals surface area contributed by atoms with Crippen molar-refractivity contribution >= 4 is 0 Å². The minimum absolute atomic E-state index is 0.778. The average molecular weight is 225 g/mol. The Hall–Kier alpha value is -0.0800. The summed E-state index contributed by atoms with van der Waals surface area (Å²) in [5, 5.41) is 3.60. The molecule has 1 aliphatic heterocycles. The molecule has 94 valence electrons. The highest BCUT2D eigenvalue weighted by atomic mass is 16.5. The predicted octanol–water partition coefficient (Wildman–Crippen LogP) is 2.97. The maximum absolute atomic E-state index is 5.48. The zero-order valence-corrected chi connectivity index (χ0v) is 10.5. The molecule has 1 atom stereocenters. The SMILES string of the molecule is C1CCC(CCCNCC2CCCOC2)C1. The first-order valence-electron chi connectivity index (χ1n) is 7.23. The normalized spacial score (nSPS) is 27.4. The highest BCUT2D eigenvalue weighted by Crippen LogP contribution is 2.28. The van der Waals surface area contributed by atoms with Crippen molar-refractivity contribution in [3.8, 4) is 0 Å². The van der Waals surface area contributed by atoms with Crippen LogP contribution in [0.5, 0.6) is 0 Å². The monoisotopic (exact) mass is 225 g/mol. The molecule has 0 spiro atoms. The molecule has 1 aliphatic carbocycles. The van der Waals surface area contributed by atoms with Gasteiger partial charge in [0.1, 0.15) is 0 Å². The fourth-order valence-corrected chi connectivity index (χ4v) is 3.09. The highest BCUT2D eigenvalue weighted by molar-refractivity contribution is 4.69. The average Bonchev–Trinajstić information content (AvgIpc) is 2.83. The molecule has 0 bridgehead atoms. The Balaban J connectivity index is 1.42. The van der Waals surface area contributed by atoms with Gasteiger partial charge in [0.15, 0.2) is 0 Å². The van der Waals surface area contributed by atoms with Crippen LogP contribution >= 0.6 is 0 Å². The maximum atomic E-state index is 5.48. The summed E-state index contributed by atoms with van der Waals surface area (Å²) in [7, 11) is 0. The molecule has 1 N–H and O–H groups in total. The Morgan fingerprint density at radius 2 is 1.81 bits per heavy atom. The van der Waals surface area contributed by atoms with Gasteiger partial charge in [-0.25, -0.2) is 0 Å². The first kappa shape index (κ1) is 12.4. The van der Waals surface area contributed by atoms with Gasteiger partial charge < -0.3 is 10.1 Å². The standard InChI is InChI=1S/C14H27NO/c1-2-6-13(5-1)7-3-9-15-11-14-8-4-10-16-12-14/h13-15H,1-12H2. The molecule has 0 amide bonds. The summed E-state index contributed by atoms with van der Waals surface area (Å²) in [6, 6.07) is 0. The van der Waals surface area contributed by atoms with Gasteiger partial charge in [0.05, 0.1) is 6.61 Å². The van der Waals surface area contributed by atoms with Gasteiger partial charge in [0.2, 0.25) is 0 Å². The van der Waals surface area contributed by atoms with E-state index in [0.717, 1.165) is 25.0 Å². The Morgan fingerprint density at radius 1 is 1.00 bits per heavy atom. The number of rotatable bonds is 6. The number of ether oxygens (including phenoxy) is 1. The molecular weight excluding hydrogens is 198 g/mol. The van der Waals surface area contributed by atoms with E-state index in [4.69, 9.17) is 4.74 Å². The number of hydrogen-bond acceptors (Lipinski definition) is 2. The third-order valence-electron chi connectivity index (χ3n) is 4.13. The highest BCUT2D eigenvalue weighted by Gasteiger charge is 2.15. The molecule has 2 fully saturated rings. The van der Waals surface area contributed by atoms with E-state index in [1.54, 1.807) is 0 Å². The molecule has 16 heavy (non-hydrogen) atoms. The molecule has 2 nitrogen and oxygen atoms in total. The van der Waals surface area contributed by atoms with Crippen molar-refractivity contribution in [3.63, 3.8) is 0 Å². The van der Waals surface area contributed by atoms with Crippen LogP contribution in [0.1, 0.15) is 51.4 Å². The van der Waals surface area contributed by atoms with Gasteiger partial charge in [0.25, 0.3) is 0 Å². The van der Waals surface area contributed by atoms with E-state index >= 15 is 0 Å². The summed E-state index contributed by atoms with van der Waals surface area (Å²) >= 11 is 0. The lowest BCUT2D eigenvalue weighted by molar-refractivity contribution is 0.0549. The fourth-order valence-electron chi connectivity index (χ4n) is 3.09. The van der Waals surface area contributed by atoms with Crippen molar-refractivity contribution in [2.24, 2.45) is 11.8 Å². The third-order valence-corrected chi connectivity index (χ3v) is 4.13. The molecule has 2 aliphatic rings. The second-order valence-corrected chi connectivity index (χ2v) is 5.58. The van der Waals surface area contributed by atoms with Gasteiger partial charge in [-0.05, 0) is 44.1 Å². The molecule has 0 aromatic heterocycles. The van der Waals surface area contributed by atoms with Gasteiger partial charge in [-0.3, -0.25) is 0 Å². The molecule has 1 heterocycles. The predicted molar refractivity (Wildman–Crippen MR) is 67.6 cm³/mol. The second kappa shape index (κ2) is 7.29. The van der Waals surface area contributed by atoms with Gasteiger partial charge in [-0.1, -0.05) is 25.7 Å². The second-order valence-electron chi connectivity index (χ2n) is 5.58. The zero-order chi connectivity index (χ0) is 11.1. The van der Waals surface area contributed by atoms with Gasteiger partial charge in [-0.2, -0.15) is 0 Å². The summed E-state index contributed by atoms with van der Waals surface area (Å²) in [4.78, 5) is 0. The maximum Gasteiger partial charge on any atom is 0.0506 e. The van der Waals surface area contributed by atoms with Crippen molar-refractivity contribution in [3.05, 3.63) is 0 Å². The zero-order valence-electron chi connectivity index (χ0n) is 10.5. The van der Waals surface area contributed by atoms with E-state index in [1.807, 2.05) is 0 Å². The van der Waals surface area contributed by atoms with Gasteiger partial charge >= 0.3 is 0 Å². The largest absolute Gasteiger partial charge is 0.381 e. The summed E-state index contributed by atoms with van der Waals surface area (Å²) in [6.07, 6.45) is 11.4. The molecule has 2 heteroatoms. The molecule has 1 saturated heterocycles. The number of nitrogens with one attached hydrogen (secondary N) is 1. The van der Waals surface area contributed by atoms with Crippen molar-refractivity contribution in [1.82, 2.24) is 5.32 Å². The van der Waals surface area contributed by atoms with Crippen LogP contribution in [0.3, 0.4) is 0 Å². The molecular formula is C14H27NO. The lowest BCUT2D eigenvalue weighted by Crippen LogP contribution is -2.29. The van der Waals surface area contributed by atoms with Crippen molar-refractivity contribution < 1.29 is 4.74 Å². The van der Waals surface area contributed by atoms with E-state index in [-0.39, 0.29) is 0 Å². The van der Waals surface area contributed by atoms with E-state index in [1.165, 1.54) is 64.5 Å². The van der Waals surface area contributed by atoms with Gasteiger partial charge in [-0.15, -0.1) is 0 Å². The summed E-state index contributed by atoms with van der Waals surface area (Å²) in [5.74, 6) is 1.83. The minimum atomic E-state index is 0.778. The Labute approximate surface area is 100 Å². The van der Waals surface area contributed by atoms with E-state index in [9.17, 15) is 0 Å².